The summed E-state index contributed by atoms with van der Waals surface area (Å²) in [6, 6.07) is 7.45. The van der Waals surface area contributed by atoms with Crippen LogP contribution in [0, 0.1) is 11.3 Å². The van der Waals surface area contributed by atoms with Crippen molar-refractivity contribution in [2.24, 2.45) is 5.73 Å². The first kappa shape index (κ1) is 19.9. The molecule has 2 rings (SSSR count). The summed E-state index contributed by atoms with van der Waals surface area (Å²) < 4.78 is 16.8. The zero-order valence-corrected chi connectivity index (χ0v) is 16.6. The topological polar surface area (TPSA) is 94.6 Å². The number of halogens is 1. The molecule has 6 nitrogen and oxygen atoms in total. The van der Waals surface area contributed by atoms with Crippen LogP contribution >= 0.6 is 15.9 Å². The minimum Gasteiger partial charge on any atom is -0.496 e. The predicted molar refractivity (Wildman–Crippen MR) is 99.9 cm³/mol. The Bertz CT molecular complexity index is 808. The number of nitrogens with zero attached hydrogens (tertiary/aromatic N) is 1. The van der Waals surface area contributed by atoms with Crippen molar-refractivity contribution in [3.05, 3.63) is 51.0 Å². The number of rotatable bonds is 6. The van der Waals surface area contributed by atoms with Gasteiger partial charge in [-0.05, 0) is 47.0 Å². The quantitative estimate of drug-likeness (QED) is 0.701. The summed E-state index contributed by atoms with van der Waals surface area (Å²) in [5.74, 6) is -0.0586. The highest BCUT2D eigenvalue weighted by Crippen LogP contribution is 2.42. The Morgan fingerprint density at radius 1 is 1.42 bits per heavy atom. The maximum Gasteiger partial charge on any atom is 0.338 e. The van der Waals surface area contributed by atoms with E-state index in [1.165, 1.54) is 0 Å². The van der Waals surface area contributed by atoms with Crippen molar-refractivity contribution in [1.82, 2.24) is 0 Å². The molecule has 1 aliphatic heterocycles. The number of benzene rings is 1. The van der Waals surface area contributed by atoms with Crippen LogP contribution < -0.4 is 10.5 Å². The van der Waals surface area contributed by atoms with Crippen LogP contribution in [0.2, 0.25) is 0 Å². The number of carbonyl (C=O) groups is 1. The van der Waals surface area contributed by atoms with E-state index in [0.29, 0.717) is 28.0 Å². The van der Waals surface area contributed by atoms with Crippen molar-refractivity contribution >= 4 is 21.9 Å². The SMILES string of the molecule is CCCC1=C(C(=O)OCC)[C@H](c2ccc(OC)c(Br)c2)C(C#N)=C(N)O1. The molecule has 0 saturated carbocycles. The van der Waals surface area contributed by atoms with Gasteiger partial charge in [-0.25, -0.2) is 4.79 Å². The number of esters is 1. The van der Waals surface area contributed by atoms with Crippen LogP contribution in [0.15, 0.2) is 45.5 Å². The van der Waals surface area contributed by atoms with E-state index in [9.17, 15) is 10.1 Å². The van der Waals surface area contributed by atoms with Crippen molar-refractivity contribution in [2.75, 3.05) is 13.7 Å². The lowest BCUT2D eigenvalue weighted by molar-refractivity contribution is -0.139. The van der Waals surface area contributed by atoms with Gasteiger partial charge in [0.1, 0.15) is 23.2 Å². The van der Waals surface area contributed by atoms with Gasteiger partial charge in [-0.1, -0.05) is 13.0 Å². The summed E-state index contributed by atoms with van der Waals surface area (Å²) in [5.41, 5.74) is 7.20. The van der Waals surface area contributed by atoms with Gasteiger partial charge in [0.05, 0.1) is 29.7 Å². The summed E-state index contributed by atoms with van der Waals surface area (Å²) >= 11 is 3.45. The Morgan fingerprint density at radius 3 is 2.69 bits per heavy atom. The first-order valence-electron chi connectivity index (χ1n) is 8.29. The Balaban J connectivity index is 2.67. The van der Waals surface area contributed by atoms with Gasteiger partial charge in [0.15, 0.2) is 0 Å². The van der Waals surface area contributed by atoms with Crippen LogP contribution in [-0.4, -0.2) is 19.7 Å². The molecule has 2 N–H and O–H groups in total. The average Bonchev–Trinajstić information content (AvgIpc) is 2.61. The molecule has 1 aliphatic rings. The molecule has 1 heterocycles. The summed E-state index contributed by atoms with van der Waals surface area (Å²) in [6.07, 6.45) is 1.27. The van der Waals surface area contributed by atoms with Crippen molar-refractivity contribution < 1.29 is 19.0 Å². The lowest BCUT2D eigenvalue weighted by atomic mass is 9.82. The standard InChI is InChI=1S/C19H21BrN2O4/c1-4-6-15-17(19(23)25-5-2)16(12(10-21)18(22)26-15)11-7-8-14(24-3)13(20)9-11/h7-9,16H,4-6,22H2,1-3H3/t16-/m1/s1. The van der Waals surface area contributed by atoms with Crippen molar-refractivity contribution in [1.29, 1.82) is 5.26 Å². The molecule has 1 atom stereocenters. The van der Waals surface area contributed by atoms with Crippen LogP contribution in [0.25, 0.3) is 0 Å². The van der Waals surface area contributed by atoms with Crippen LogP contribution in [0.3, 0.4) is 0 Å². The number of ether oxygens (including phenoxy) is 3. The molecule has 0 bridgehead atoms. The first-order valence-corrected chi connectivity index (χ1v) is 9.08. The van der Waals surface area contributed by atoms with Gasteiger partial charge in [-0.2, -0.15) is 5.26 Å². The molecule has 1 aromatic carbocycles. The second-order valence-corrected chi connectivity index (χ2v) is 6.48. The van der Waals surface area contributed by atoms with Gasteiger partial charge < -0.3 is 19.9 Å². The summed E-state index contributed by atoms with van der Waals surface area (Å²) in [4.78, 5) is 12.7. The highest BCUT2D eigenvalue weighted by atomic mass is 79.9. The Kier molecular flexibility index (Phi) is 6.70. The van der Waals surface area contributed by atoms with Crippen LogP contribution in [0.5, 0.6) is 5.75 Å². The molecule has 0 amide bonds. The molecule has 138 valence electrons. The lowest BCUT2D eigenvalue weighted by Crippen LogP contribution is -2.26. The fourth-order valence-corrected chi connectivity index (χ4v) is 3.42. The predicted octanol–water partition coefficient (Wildman–Crippen LogP) is 3.88. The minimum atomic E-state index is -0.656. The van der Waals surface area contributed by atoms with Gasteiger partial charge in [-0.15, -0.1) is 0 Å². The first-order chi connectivity index (χ1) is 12.5. The zero-order chi connectivity index (χ0) is 19.3. The van der Waals surface area contributed by atoms with E-state index in [1.54, 1.807) is 26.2 Å². The minimum absolute atomic E-state index is 0.0148. The summed E-state index contributed by atoms with van der Waals surface area (Å²) in [7, 11) is 1.57. The van der Waals surface area contributed by atoms with E-state index in [2.05, 4.69) is 22.0 Å². The number of hydrogen-bond acceptors (Lipinski definition) is 6. The molecular weight excluding hydrogens is 400 g/mol. The van der Waals surface area contributed by atoms with Crippen molar-refractivity contribution in [3.8, 4) is 11.8 Å². The number of nitrogens with two attached hydrogens (primary N) is 1. The fraction of sp³-hybridized carbons (Fsp3) is 0.368. The molecule has 0 aromatic heterocycles. The van der Waals surface area contributed by atoms with E-state index in [1.807, 2.05) is 13.0 Å². The second-order valence-electron chi connectivity index (χ2n) is 5.63. The Labute approximate surface area is 161 Å². The summed E-state index contributed by atoms with van der Waals surface area (Å²) in [5, 5.41) is 9.63. The third-order valence-electron chi connectivity index (χ3n) is 3.98. The molecule has 0 unspecified atom stereocenters. The number of allylic oxidation sites excluding steroid dienone is 2. The molecule has 0 fully saturated rings. The second kappa shape index (κ2) is 8.77. The smallest absolute Gasteiger partial charge is 0.338 e. The van der Waals surface area contributed by atoms with E-state index in [4.69, 9.17) is 19.9 Å². The molecule has 26 heavy (non-hydrogen) atoms. The lowest BCUT2D eigenvalue weighted by Gasteiger charge is -2.28. The molecule has 0 saturated heterocycles. The third-order valence-corrected chi connectivity index (χ3v) is 4.60. The van der Waals surface area contributed by atoms with Gasteiger partial charge in [0.2, 0.25) is 5.88 Å². The monoisotopic (exact) mass is 420 g/mol. The van der Waals surface area contributed by atoms with Crippen molar-refractivity contribution in [3.63, 3.8) is 0 Å². The largest absolute Gasteiger partial charge is 0.496 e. The van der Waals surface area contributed by atoms with Gasteiger partial charge in [0.25, 0.3) is 0 Å². The fourth-order valence-electron chi connectivity index (χ4n) is 2.86. The molecule has 1 aromatic rings. The Hall–Kier alpha value is -2.46. The number of nitriles is 1. The summed E-state index contributed by atoms with van der Waals surface area (Å²) in [6.45, 7) is 3.93. The maximum atomic E-state index is 12.7. The van der Waals surface area contributed by atoms with Gasteiger partial charge in [-0.3, -0.25) is 0 Å². The van der Waals surface area contributed by atoms with E-state index in [-0.39, 0.29) is 18.1 Å². The molecule has 0 spiro atoms. The molecule has 0 aliphatic carbocycles. The van der Waals surface area contributed by atoms with E-state index in [0.717, 1.165) is 12.0 Å². The normalized spacial score (nSPS) is 16.8. The van der Waals surface area contributed by atoms with Crippen LogP contribution in [0.4, 0.5) is 0 Å². The number of methoxy groups -OCH3 is 1. The molecular formula is C19H21BrN2O4. The Morgan fingerprint density at radius 2 is 2.15 bits per heavy atom. The number of hydrogen-bond donors (Lipinski definition) is 1. The molecule has 0 radical (unpaired) electrons. The zero-order valence-electron chi connectivity index (χ0n) is 15.0. The van der Waals surface area contributed by atoms with E-state index >= 15 is 0 Å². The highest BCUT2D eigenvalue weighted by Gasteiger charge is 2.37. The van der Waals surface area contributed by atoms with Crippen LogP contribution in [-0.2, 0) is 14.3 Å². The van der Waals surface area contributed by atoms with Gasteiger partial charge >= 0.3 is 5.97 Å². The van der Waals surface area contributed by atoms with E-state index < -0.39 is 11.9 Å². The highest BCUT2D eigenvalue weighted by molar-refractivity contribution is 9.10. The maximum absolute atomic E-state index is 12.7. The average molecular weight is 421 g/mol. The molecule has 7 heteroatoms. The van der Waals surface area contributed by atoms with Crippen LogP contribution in [0.1, 0.15) is 38.2 Å². The van der Waals surface area contributed by atoms with Gasteiger partial charge in [0, 0.05) is 6.42 Å². The number of carbonyl (C=O) groups excluding carboxylic acids is 1. The van der Waals surface area contributed by atoms with Crippen molar-refractivity contribution in [2.45, 2.75) is 32.6 Å². The third kappa shape index (κ3) is 3.86.